The Kier molecular flexibility index (Phi) is 4.24. The summed E-state index contributed by atoms with van der Waals surface area (Å²) in [4.78, 5) is 18.5. The van der Waals surface area contributed by atoms with E-state index in [0.29, 0.717) is 36.2 Å². The number of aromatic nitrogens is 2. The lowest BCUT2D eigenvalue weighted by atomic mass is 9.99. The number of halogens is 1. The van der Waals surface area contributed by atoms with Gasteiger partial charge in [-0.05, 0) is 17.7 Å². The number of likely N-dealkylation sites (tertiary alicyclic amines) is 1. The molecule has 1 amide bonds. The van der Waals surface area contributed by atoms with Crippen molar-refractivity contribution in [3.63, 3.8) is 0 Å². The maximum atomic E-state index is 12.3. The van der Waals surface area contributed by atoms with Gasteiger partial charge in [0.15, 0.2) is 0 Å². The molecular formula is C19H16ClN3O2. The molecule has 0 radical (unpaired) electrons. The summed E-state index contributed by atoms with van der Waals surface area (Å²) >= 11 is 5.99. The van der Waals surface area contributed by atoms with E-state index in [-0.39, 0.29) is 11.8 Å². The molecular weight excluding hydrogens is 338 g/mol. The minimum Gasteiger partial charge on any atom is -0.341 e. The van der Waals surface area contributed by atoms with E-state index < -0.39 is 0 Å². The lowest BCUT2D eigenvalue weighted by Gasteiger charge is -2.37. The van der Waals surface area contributed by atoms with Crippen molar-refractivity contribution >= 4 is 17.5 Å². The molecule has 25 heavy (non-hydrogen) atoms. The van der Waals surface area contributed by atoms with Crippen molar-refractivity contribution in [1.29, 1.82) is 0 Å². The summed E-state index contributed by atoms with van der Waals surface area (Å²) in [6.07, 6.45) is 0.422. The van der Waals surface area contributed by atoms with Crippen molar-refractivity contribution in [2.45, 2.75) is 12.3 Å². The van der Waals surface area contributed by atoms with Crippen LogP contribution in [-0.4, -0.2) is 34.0 Å². The molecule has 126 valence electrons. The highest BCUT2D eigenvalue weighted by Crippen LogP contribution is 2.28. The highest BCUT2D eigenvalue weighted by Gasteiger charge is 2.35. The molecule has 6 heteroatoms. The second kappa shape index (κ2) is 6.69. The molecule has 4 rings (SSSR count). The Balaban J connectivity index is 1.37. The third kappa shape index (κ3) is 3.42. The van der Waals surface area contributed by atoms with E-state index in [0.717, 1.165) is 11.1 Å². The fourth-order valence-electron chi connectivity index (χ4n) is 2.87. The van der Waals surface area contributed by atoms with Crippen molar-refractivity contribution in [3.8, 4) is 11.4 Å². The smallest absolute Gasteiger partial charge is 0.233 e. The third-order valence-corrected chi connectivity index (χ3v) is 4.54. The summed E-state index contributed by atoms with van der Waals surface area (Å²) in [7, 11) is 0. The van der Waals surface area contributed by atoms with E-state index in [1.807, 2.05) is 47.4 Å². The van der Waals surface area contributed by atoms with Crippen LogP contribution in [0.15, 0.2) is 59.1 Å². The van der Waals surface area contributed by atoms with Gasteiger partial charge < -0.3 is 9.42 Å². The average Bonchev–Trinajstić information content (AvgIpc) is 3.04. The second-order valence-electron chi connectivity index (χ2n) is 6.12. The second-order valence-corrected chi connectivity index (χ2v) is 6.56. The van der Waals surface area contributed by atoms with Crippen LogP contribution in [0, 0.1) is 0 Å². The first-order valence-electron chi connectivity index (χ1n) is 8.10. The first-order chi connectivity index (χ1) is 12.2. The van der Waals surface area contributed by atoms with Gasteiger partial charge in [0.05, 0.1) is 12.3 Å². The van der Waals surface area contributed by atoms with Crippen LogP contribution in [-0.2, 0) is 11.2 Å². The number of hydrogen-bond donors (Lipinski definition) is 0. The maximum absolute atomic E-state index is 12.3. The molecule has 0 bridgehead atoms. The molecule has 2 aromatic carbocycles. The standard InChI is InChI=1S/C19H16ClN3O2/c20-16-8-4-7-14(10-16)18-21-19(25-22-18)15-11-23(12-15)17(24)9-13-5-2-1-3-6-13/h1-8,10,15H,9,11-12H2. The van der Waals surface area contributed by atoms with Gasteiger partial charge in [0.2, 0.25) is 17.6 Å². The van der Waals surface area contributed by atoms with Crippen LogP contribution in [0.4, 0.5) is 0 Å². The minimum atomic E-state index is 0.0974. The molecule has 0 unspecified atom stereocenters. The van der Waals surface area contributed by atoms with E-state index in [1.54, 1.807) is 12.1 Å². The minimum absolute atomic E-state index is 0.0974. The van der Waals surface area contributed by atoms with Gasteiger partial charge >= 0.3 is 0 Å². The van der Waals surface area contributed by atoms with E-state index in [1.165, 1.54) is 0 Å². The van der Waals surface area contributed by atoms with Gasteiger partial charge in [0.25, 0.3) is 0 Å². The molecule has 2 heterocycles. The van der Waals surface area contributed by atoms with Crippen LogP contribution in [0.25, 0.3) is 11.4 Å². The molecule has 0 N–H and O–H groups in total. The van der Waals surface area contributed by atoms with Crippen LogP contribution in [0.5, 0.6) is 0 Å². The number of carbonyl (C=O) groups excluding carboxylic acids is 1. The molecule has 1 aromatic heterocycles. The summed E-state index contributed by atoms with van der Waals surface area (Å²) in [6, 6.07) is 17.1. The fourth-order valence-corrected chi connectivity index (χ4v) is 3.06. The number of rotatable bonds is 4. The lowest BCUT2D eigenvalue weighted by Crippen LogP contribution is -2.49. The number of benzene rings is 2. The molecule has 3 aromatic rings. The van der Waals surface area contributed by atoms with Gasteiger partial charge in [-0.1, -0.05) is 59.2 Å². The molecule has 0 atom stereocenters. The molecule has 0 saturated carbocycles. The largest absolute Gasteiger partial charge is 0.341 e. The van der Waals surface area contributed by atoms with Gasteiger partial charge in [-0.3, -0.25) is 4.79 Å². The molecule has 1 fully saturated rings. The van der Waals surface area contributed by atoms with Crippen molar-refractivity contribution in [2.75, 3.05) is 13.1 Å². The first kappa shape index (κ1) is 15.8. The van der Waals surface area contributed by atoms with Crippen molar-refractivity contribution in [3.05, 3.63) is 71.1 Å². The van der Waals surface area contributed by atoms with Crippen molar-refractivity contribution in [2.24, 2.45) is 0 Å². The number of carbonyl (C=O) groups is 1. The summed E-state index contributed by atoms with van der Waals surface area (Å²) in [5.74, 6) is 1.31. The van der Waals surface area contributed by atoms with Gasteiger partial charge in [-0.15, -0.1) is 0 Å². The third-order valence-electron chi connectivity index (χ3n) is 4.31. The highest BCUT2D eigenvalue weighted by molar-refractivity contribution is 6.30. The lowest BCUT2D eigenvalue weighted by molar-refractivity contribution is -0.135. The zero-order chi connectivity index (χ0) is 17.2. The van der Waals surface area contributed by atoms with Crippen LogP contribution >= 0.6 is 11.6 Å². The normalized spacial score (nSPS) is 14.4. The SMILES string of the molecule is O=C(Cc1ccccc1)N1CC(c2nc(-c3cccc(Cl)c3)no2)C1. The van der Waals surface area contributed by atoms with E-state index >= 15 is 0 Å². The van der Waals surface area contributed by atoms with E-state index in [4.69, 9.17) is 16.1 Å². The molecule has 1 aliphatic rings. The Hall–Kier alpha value is -2.66. The zero-order valence-corrected chi connectivity index (χ0v) is 14.2. The van der Waals surface area contributed by atoms with E-state index in [9.17, 15) is 4.79 Å². The van der Waals surface area contributed by atoms with Crippen LogP contribution in [0.2, 0.25) is 5.02 Å². The monoisotopic (exact) mass is 353 g/mol. The van der Waals surface area contributed by atoms with Crippen molar-refractivity contribution in [1.82, 2.24) is 15.0 Å². The van der Waals surface area contributed by atoms with Gasteiger partial charge in [0, 0.05) is 23.7 Å². The zero-order valence-electron chi connectivity index (χ0n) is 13.4. The van der Waals surface area contributed by atoms with Gasteiger partial charge in [-0.25, -0.2) is 0 Å². The van der Waals surface area contributed by atoms with Gasteiger partial charge in [-0.2, -0.15) is 4.98 Å². The summed E-state index contributed by atoms with van der Waals surface area (Å²) in [5.41, 5.74) is 1.84. The molecule has 1 aliphatic heterocycles. The van der Waals surface area contributed by atoms with Crippen LogP contribution in [0.1, 0.15) is 17.4 Å². The Morgan fingerprint density at radius 2 is 1.96 bits per heavy atom. The van der Waals surface area contributed by atoms with Gasteiger partial charge in [0.1, 0.15) is 0 Å². The molecule has 1 saturated heterocycles. The number of hydrogen-bond acceptors (Lipinski definition) is 4. The molecule has 0 aliphatic carbocycles. The Morgan fingerprint density at radius 1 is 1.16 bits per heavy atom. The van der Waals surface area contributed by atoms with E-state index in [2.05, 4.69) is 10.1 Å². The Labute approximate surface area is 150 Å². The number of nitrogens with zero attached hydrogens (tertiary/aromatic N) is 3. The summed E-state index contributed by atoms with van der Waals surface area (Å²) < 4.78 is 5.37. The maximum Gasteiger partial charge on any atom is 0.233 e. The average molecular weight is 354 g/mol. The quantitative estimate of drug-likeness (QED) is 0.719. The highest BCUT2D eigenvalue weighted by atomic mass is 35.5. The van der Waals surface area contributed by atoms with Crippen LogP contribution < -0.4 is 0 Å². The van der Waals surface area contributed by atoms with Crippen LogP contribution in [0.3, 0.4) is 0 Å². The number of amides is 1. The topological polar surface area (TPSA) is 59.2 Å². The summed E-state index contributed by atoms with van der Waals surface area (Å²) in [6.45, 7) is 1.23. The first-order valence-corrected chi connectivity index (χ1v) is 8.48. The van der Waals surface area contributed by atoms with Crippen molar-refractivity contribution < 1.29 is 9.32 Å². The molecule has 5 nitrogen and oxygen atoms in total. The molecule has 0 spiro atoms. The Morgan fingerprint density at radius 3 is 2.72 bits per heavy atom. The predicted octanol–water partition coefficient (Wildman–Crippen LogP) is 3.56. The summed E-state index contributed by atoms with van der Waals surface area (Å²) in [5, 5.41) is 4.65. The fraction of sp³-hybridized carbons (Fsp3) is 0.211. The predicted molar refractivity (Wildman–Crippen MR) is 94.2 cm³/mol. The Bertz CT molecular complexity index is 888.